The van der Waals surface area contributed by atoms with Crippen molar-refractivity contribution >= 4 is 0 Å². The van der Waals surface area contributed by atoms with Crippen molar-refractivity contribution in [3.8, 4) is 0 Å². The van der Waals surface area contributed by atoms with Crippen molar-refractivity contribution in [1.29, 1.82) is 0 Å². The maximum atomic E-state index is 5.93. The molecular formula is C14H28N2O. The van der Waals surface area contributed by atoms with Gasteiger partial charge in [-0.1, -0.05) is 0 Å². The van der Waals surface area contributed by atoms with E-state index in [4.69, 9.17) is 4.74 Å². The maximum Gasteiger partial charge on any atom is 0.0757 e. The van der Waals surface area contributed by atoms with Crippen molar-refractivity contribution in [2.75, 3.05) is 32.7 Å². The Hall–Kier alpha value is -0.120. The molecule has 2 aliphatic heterocycles. The van der Waals surface area contributed by atoms with E-state index in [-0.39, 0.29) is 5.60 Å². The number of ether oxygens (including phenoxy) is 1. The zero-order chi connectivity index (χ0) is 12.3. The van der Waals surface area contributed by atoms with Crippen LogP contribution in [0.25, 0.3) is 0 Å². The zero-order valence-corrected chi connectivity index (χ0v) is 11.7. The molecule has 0 aromatic carbocycles. The van der Waals surface area contributed by atoms with Crippen molar-refractivity contribution in [3.63, 3.8) is 0 Å². The second-order valence-corrected chi connectivity index (χ2v) is 6.42. The predicted molar refractivity (Wildman–Crippen MR) is 71.3 cm³/mol. The first kappa shape index (κ1) is 13.3. The molecule has 0 bridgehead atoms. The molecule has 17 heavy (non-hydrogen) atoms. The highest BCUT2D eigenvalue weighted by Gasteiger charge is 2.30. The highest BCUT2D eigenvalue weighted by molar-refractivity contribution is 4.82. The summed E-state index contributed by atoms with van der Waals surface area (Å²) < 4.78 is 5.93. The summed E-state index contributed by atoms with van der Waals surface area (Å²) in [4.78, 5) is 2.58. The summed E-state index contributed by atoms with van der Waals surface area (Å²) in [5.74, 6) is 0.932. The lowest BCUT2D eigenvalue weighted by Crippen LogP contribution is -2.51. The number of nitrogens with zero attached hydrogens (tertiary/aromatic N) is 1. The molecule has 2 fully saturated rings. The molecule has 0 radical (unpaired) electrons. The standard InChI is InChI=1S/C14H28N2O/c1-12-10-16(11-14(2,3)17-12)8-4-5-13-6-7-15-9-13/h12-13,15H,4-11H2,1-3H3. The summed E-state index contributed by atoms with van der Waals surface area (Å²) in [7, 11) is 0. The molecule has 2 atom stereocenters. The average Bonchev–Trinajstić information content (AvgIpc) is 2.67. The monoisotopic (exact) mass is 240 g/mol. The molecule has 2 rings (SSSR count). The fourth-order valence-corrected chi connectivity index (χ4v) is 3.32. The van der Waals surface area contributed by atoms with E-state index >= 15 is 0 Å². The van der Waals surface area contributed by atoms with Crippen LogP contribution in [0.5, 0.6) is 0 Å². The highest BCUT2D eigenvalue weighted by atomic mass is 16.5. The third-order valence-corrected chi connectivity index (χ3v) is 3.89. The Bertz CT molecular complexity index is 236. The summed E-state index contributed by atoms with van der Waals surface area (Å²) >= 11 is 0. The molecular weight excluding hydrogens is 212 g/mol. The minimum absolute atomic E-state index is 0.0343. The van der Waals surface area contributed by atoms with E-state index in [9.17, 15) is 0 Å². The quantitative estimate of drug-likeness (QED) is 0.812. The maximum absolute atomic E-state index is 5.93. The normalized spacial score (nSPS) is 34.1. The van der Waals surface area contributed by atoms with Crippen LogP contribution in [-0.4, -0.2) is 49.3 Å². The van der Waals surface area contributed by atoms with Crippen LogP contribution < -0.4 is 5.32 Å². The van der Waals surface area contributed by atoms with Crippen LogP contribution in [0, 0.1) is 5.92 Å². The molecule has 0 aromatic heterocycles. The Balaban J connectivity index is 1.67. The zero-order valence-electron chi connectivity index (χ0n) is 11.7. The van der Waals surface area contributed by atoms with Crippen molar-refractivity contribution in [1.82, 2.24) is 10.2 Å². The molecule has 3 nitrogen and oxygen atoms in total. The van der Waals surface area contributed by atoms with Gasteiger partial charge in [-0.05, 0) is 65.6 Å². The van der Waals surface area contributed by atoms with Crippen LogP contribution in [0.4, 0.5) is 0 Å². The lowest BCUT2D eigenvalue weighted by atomic mass is 10.0. The largest absolute Gasteiger partial charge is 0.370 e. The Morgan fingerprint density at radius 2 is 2.24 bits per heavy atom. The first-order chi connectivity index (χ1) is 8.05. The first-order valence-electron chi connectivity index (χ1n) is 7.16. The van der Waals surface area contributed by atoms with Gasteiger partial charge in [-0.15, -0.1) is 0 Å². The van der Waals surface area contributed by atoms with E-state index in [0.717, 1.165) is 19.0 Å². The Labute approximate surface area is 106 Å². The van der Waals surface area contributed by atoms with Crippen molar-refractivity contribution in [2.24, 2.45) is 5.92 Å². The van der Waals surface area contributed by atoms with E-state index in [0.29, 0.717) is 6.10 Å². The lowest BCUT2D eigenvalue weighted by Gasteiger charge is -2.41. The fourth-order valence-electron chi connectivity index (χ4n) is 3.32. The lowest BCUT2D eigenvalue weighted by molar-refractivity contribution is -0.128. The third-order valence-electron chi connectivity index (χ3n) is 3.89. The van der Waals surface area contributed by atoms with E-state index in [1.807, 2.05) is 0 Å². The fraction of sp³-hybridized carbons (Fsp3) is 1.00. The third kappa shape index (κ3) is 4.23. The van der Waals surface area contributed by atoms with Gasteiger partial charge in [0.2, 0.25) is 0 Å². The van der Waals surface area contributed by atoms with Crippen molar-refractivity contribution in [3.05, 3.63) is 0 Å². The van der Waals surface area contributed by atoms with E-state index < -0.39 is 0 Å². The summed E-state index contributed by atoms with van der Waals surface area (Å²) in [5, 5.41) is 3.45. The van der Waals surface area contributed by atoms with Gasteiger partial charge < -0.3 is 10.1 Å². The second-order valence-electron chi connectivity index (χ2n) is 6.42. The van der Waals surface area contributed by atoms with Crippen LogP contribution in [0.15, 0.2) is 0 Å². The number of rotatable bonds is 4. The first-order valence-corrected chi connectivity index (χ1v) is 7.16. The molecule has 2 heterocycles. The van der Waals surface area contributed by atoms with E-state index in [1.165, 1.54) is 38.9 Å². The molecule has 0 aliphatic carbocycles. The molecule has 2 saturated heterocycles. The van der Waals surface area contributed by atoms with Gasteiger partial charge in [-0.2, -0.15) is 0 Å². The molecule has 100 valence electrons. The summed E-state index contributed by atoms with van der Waals surface area (Å²) in [5.41, 5.74) is 0.0343. The van der Waals surface area contributed by atoms with Crippen LogP contribution in [-0.2, 0) is 4.74 Å². The number of hydrogen-bond donors (Lipinski definition) is 1. The van der Waals surface area contributed by atoms with Gasteiger partial charge in [-0.25, -0.2) is 0 Å². The molecule has 0 saturated carbocycles. The van der Waals surface area contributed by atoms with Gasteiger partial charge in [0.15, 0.2) is 0 Å². The molecule has 1 N–H and O–H groups in total. The van der Waals surface area contributed by atoms with Crippen LogP contribution >= 0.6 is 0 Å². The van der Waals surface area contributed by atoms with Gasteiger partial charge in [0, 0.05) is 13.1 Å². The molecule has 0 aromatic rings. The van der Waals surface area contributed by atoms with Crippen LogP contribution in [0.1, 0.15) is 40.0 Å². The van der Waals surface area contributed by atoms with Gasteiger partial charge in [-0.3, -0.25) is 4.90 Å². The number of hydrogen-bond acceptors (Lipinski definition) is 3. The topological polar surface area (TPSA) is 24.5 Å². The Morgan fingerprint density at radius 1 is 1.41 bits per heavy atom. The van der Waals surface area contributed by atoms with Crippen LogP contribution in [0.2, 0.25) is 0 Å². The summed E-state index contributed by atoms with van der Waals surface area (Å²) in [6, 6.07) is 0. The van der Waals surface area contributed by atoms with Gasteiger partial charge in [0.25, 0.3) is 0 Å². The summed E-state index contributed by atoms with van der Waals surface area (Å²) in [6.45, 7) is 12.5. The second kappa shape index (κ2) is 5.68. The molecule has 2 aliphatic rings. The SMILES string of the molecule is CC1CN(CCCC2CCNC2)CC(C)(C)O1. The summed E-state index contributed by atoms with van der Waals surface area (Å²) in [6.07, 6.45) is 4.49. The average molecular weight is 240 g/mol. The van der Waals surface area contributed by atoms with Crippen molar-refractivity contribution < 1.29 is 4.74 Å². The molecule has 2 unspecified atom stereocenters. The Kier molecular flexibility index (Phi) is 4.45. The Morgan fingerprint density at radius 3 is 2.88 bits per heavy atom. The number of morpholine rings is 1. The van der Waals surface area contributed by atoms with Gasteiger partial charge in [0.1, 0.15) is 0 Å². The van der Waals surface area contributed by atoms with E-state index in [1.54, 1.807) is 0 Å². The van der Waals surface area contributed by atoms with Gasteiger partial charge >= 0.3 is 0 Å². The van der Waals surface area contributed by atoms with Gasteiger partial charge in [0.05, 0.1) is 11.7 Å². The predicted octanol–water partition coefficient (Wildman–Crippen LogP) is 1.88. The minimum atomic E-state index is 0.0343. The smallest absolute Gasteiger partial charge is 0.0757 e. The van der Waals surface area contributed by atoms with Crippen LogP contribution in [0.3, 0.4) is 0 Å². The molecule has 3 heteroatoms. The molecule has 0 amide bonds. The highest BCUT2D eigenvalue weighted by Crippen LogP contribution is 2.22. The molecule has 0 spiro atoms. The van der Waals surface area contributed by atoms with Crippen molar-refractivity contribution in [2.45, 2.75) is 51.7 Å². The minimum Gasteiger partial charge on any atom is -0.370 e. The number of nitrogens with one attached hydrogen (secondary N) is 1. The van der Waals surface area contributed by atoms with E-state index in [2.05, 4.69) is 31.0 Å².